The van der Waals surface area contributed by atoms with Gasteiger partial charge in [-0.05, 0) is 47.8 Å². The van der Waals surface area contributed by atoms with Crippen LogP contribution in [0.3, 0.4) is 0 Å². The first kappa shape index (κ1) is 14.9. The molecule has 1 fully saturated rings. The minimum atomic E-state index is 0.589. The predicted molar refractivity (Wildman–Crippen MR) is 90.9 cm³/mol. The summed E-state index contributed by atoms with van der Waals surface area (Å²) in [6.45, 7) is 5.16. The molecule has 2 aromatic heterocycles. The van der Waals surface area contributed by atoms with Gasteiger partial charge in [-0.25, -0.2) is 9.97 Å². The first-order valence-electron chi connectivity index (χ1n) is 7.22. The lowest BCUT2D eigenvalue weighted by Gasteiger charge is -2.32. The standard InChI is InChI=1S/C15H19BrN4S/c1-11-14(16)9-13(21-11)10-19-12-3-7-20(8-4-12)15-17-5-2-6-18-15/h2,5-6,9,12,19H,3-4,7-8,10H2,1H3. The lowest BCUT2D eigenvalue weighted by molar-refractivity contribution is 0.412. The fourth-order valence-corrected chi connectivity index (χ4v) is 4.14. The van der Waals surface area contributed by atoms with E-state index in [1.165, 1.54) is 14.2 Å². The Morgan fingerprint density at radius 1 is 1.33 bits per heavy atom. The lowest BCUT2D eigenvalue weighted by atomic mass is 10.1. The first-order valence-corrected chi connectivity index (χ1v) is 8.83. The number of nitrogens with zero attached hydrogens (tertiary/aromatic N) is 3. The van der Waals surface area contributed by atoms with Gasteiger partial charge in [-0.15, -0.1) is 11.3 Å². The van der Waals surface area contributed by atoms with E-state index in [0.717, 1.165) is 38.4 Å². The van der Waals surface area contributed by atoms with Gasteiger partial charge in [0, 0.05) is 52.3 Å². The Morgan fingerprint density at radius 3 is 2.67 bits per heavy atom. The maximum Gasteiger partial charge on any atom is 0.225 e. The van der Waals surface area contributed by atoms with E-state index in [0.29, 0.717) is 6.04 Å². The van der Waals surface area contributed by atoms with Crippen LogP contribution in [0.1, 0.15) is 22.6 Å². The maximum absolute atomic E-state index is 4.32. The van der Waals surface area contributed by atoms with Crippen molar-refractivity contribution in [1.82, 2.24) is 15.3 Å². The van der Waals surface area contributed by atoms with E-state index < -0.39 is 0 Å². The summed E-state index contributed by atoms with van der Waals surface area (Å²) in [5.74, 6) is 0.855. The maximum atomic E-state index is 4.32. The van der Waals surface area contributed by atoms with Crippen LogP contribution in [0.25, 0.3) is 0 Å². The minimum Gasteiger partial charge on any atom is -0.341 e. The minimum absolute atomic E-state index is 0.589. The van der Waals surface area contributed by atoms with Gasteiger partial charge in [0.25, 0.3) is 0 Å². The number of nitrogens with one attached hydrogen (secondary N) is 1. The van der Waals surface area contributed by atoms with E-state index in [2.05, 4.69) is 49.1 Å². The Hall–Kier alpha value is -0.980. The molecule has 4 nitrogen and oxygen atoms in total. The van der Waals surface area contributed by atoms with Crippen molar-refractivity contribution in [2.75, 3.05) is 18.0 Å². The zero-order valence-corrected chi connectivity index (χ0v) is 14.5. The van der Waals surface area contributed by atoms with Crippen LogP contribution in [-0.2, 0) is 6.54 Å². The van der Waals surface area contributed by atoms with Crippen molar-refractivity contribution in [3.63, 3.8) is 0 Å². The molecule has 1 saturated heterocycles. The largest absolute Gasteiger partial charge is 0.341 e. The topological polar surface area (TPSA) is 41.0 Å². The van der Waals surface area contributed by atoms with Crippen molar-refractivity contribution in [3.05, 3.63) is 38.8 Å². The van der Waals surface area contributed by atoms with Crippen LogP contribution in [0.15, 0.2) is 29.0 Å². The summed E-state index contributed by atoms with van der Waals surface area (Å²) in [7, 11) is 0. The number of anilines is 1. The molecule has 0 radical (unpaired) electrons. The molecule has 0 spiro atoms. The van der Waals surface area contributed by atoms with Gasteiger partial charge >= 0.3 is 0 Å². The average molecular weight is 367 g/mol. The smallest absolute Gasteiger partial charge is 0.225 e. The lowest BCUT2D eigenvalue weighted by Crippen LogP contribution is -2.42. The van der Waals surface area contributed by atoms with Crippen molar-refractivity contribution < 1.29 is 0 Å². The fraction of sp³-hybridized carbons (Fsp3) is 0.467. The van der Waals surface area contributed by atoms with Crippen LogP contribution < -0.4 is 10.2 Å². The van der Waals surface area contributed by atoms with Gasteiger partial charge in [-0.1, -0.05) is 0 Å². The number of aromatic nitrogens is 2. The number of rotatable bonds is 4. The third-order valence-electron chi connectivity index (χ3n) is 3.80. The Morgan fingerprint density at radius 2 is 2.05 bits per heavy atom. The van der Waals surface area contributed by atoms with Gasteiger partial charge < -0.3 is 10.2 Å². The Balaban J connectivity index is 1.48. The molecule has 1 aliphatic heterocycles. The molecule has 112 valence electrons. The first-order chi connectivity index (χ1) is 10.2. The second-order valence-corrected chi connectivity index (χ2v) is 7.50. The van der Waals surface area contributed by atoms with Gasteiger partial charge in [-0.2, -0.15) is 0 Å². The molecule has 1 N–H and O–H groups in total. The summed E-state index contributed by atoms with van der Waals surface area (Å²) in [5, 5.41) is 3.67. The summed E-state index contributed by atoms with van der Waals surface area (Å²) >= 11 is 5.44. The highest BCUT2D eigenvalue weighted by Crippen LogP contribution is 2.26. The van der Waals surface area contributed by atoms with E-state index in [1.54, 1.807) is 0 Å². The van der Waals surface area contributed by atoms with Gasteiger partial charge in [0.2, 0.25) is 5.95 Å². The van der Waals surface area contributed by atoms with E-state index in [1.807, 2.05) is 29.8 Å². The molecule has 6 heteroatoms. The van der Waals surface area contributed by atoms with E-state index >= 15 is 0 Å². The number of aryl methyl sites for hydroxylation is 1. The highest BCUT2D eigenvalue weighted by Gasteiger charge is 2.20. The highest BCUT2D eigenvalue weighted by atomic mass is 79.9. The van der Waals surface area contributed by atoms with Crippen LogP contribution in [0, 0.1) is 6.92 Å². The third-order valence-corrected chi connectivity index (χ3v) is 5.94. The summed E-state index contributed by atoms with van der Waals surface area (Å²) in [5.41, 5.74) is 0. The molecule has 0 unspecified atom stereocenters. The zero-order chi connectivity index (χ0) is 14.7. The number of piperidine rings is 1. The van der Waals surface area contributed by atoms with Crippen molar-refractivity contribution in [1.29, 1.82) is 0 Å². The summed E-state index contributed by atoms with van der Waals surface area (Å²) < 4.78 is 1.22. The summed E-state index contributed by atoms with van der Waals surface area (Å²) in [6, 6.07) is 4.67. The van der Waals surface area contributed by atoms with E-state index in [9.17, 15) is 0 Å². The molecular weight excluding hydrogens is 348 g/mol. The van der Waals surface area contributed by atoms with Gasteiger partial charge in [0.05, 0.1) is 0 Å². The Labute approximate surface area is 137 Å². The molecule has 0 saturated carbocycles. The normalized spacial score (nSPS) is 16.4. The molecule has 2 aromatic rings. The SMILES string of the molecule is Cc1sc(CNC2CCN(c3ncccn3)CC2)cc1Br. The van der Waals surface area contributed by atoms with Gasteiger partial charge in [-0.3, -0.25) is 0 Å². The molecule has 3 heterocycles. The molecule has 0 aliphatic carbocycles. The van der Waals surface area contributed by atoms with Gasteiger partial charge in [0.15, 0.2) is 0 Å². The fourth-order valence-electron chi connectivity index (χ4n) is 2.59. The Kier molecular flexibility index (Phi) is 4.87. The second kappa shape index (κ2) is 6.85. The van der Waals surface area contributed by atoms with Gasteiger partial charge in [0.1, 0.15) is 0 Å². The van der Waals surface area contributed by atoms with Crippen LogP contribution in [0.5, 0.6) is 0 Å². The zero-order valence-electron chi connectivity index (χ0n) is 12.1. The number of thiophene rings is 1. The predicted octanol–water partition coefficient (Wildman–Crippen LogP) is 3.37. The molecular formula is C15H19BrN4S. The van der Waals surface area contributed by atoms with Crippen LogP contribution in [0.2, 0.25) is 0 Å². The van der Waals surface area contributed by atoms with Crippen LogP contribution >= 0.6 is 27.3 Å². The van der Waals surface area contributed by atoms with Crippen molar-refractivity contribution >= 4 is 33.2 Å². The average Bonchev–Trinajstić information content (AvgIpc) is 2.85. The van der Waals surface area contributed by atoms with Crippen molar-refractivity contribution in [2.45, 2.75) is 32.4 Å². The quantitative estimate of drug-likeness (QED) is 0.900. The molecule has 21 heavy (non-hydrogen) atoms. The molecule has 0 aromatic carbocycles. The third kappa shape index (κ3) is 3.81. The van der Waals surface area contributed by atoms with E-state index in [4.69, 9.17) is 0 Å². The summed E-state index contributed by atoms with van der Waals surface area (Å²) in [6.07, 6.45) is 5.90. The number of hydrogen-bond acceptors (Lipinski definition) is 5. The molecule has 0 bridgehead atoms. The second-order valence-electron chi connectivity index (χ2n) is 5.31. The Bertz CT molecular complexity index is 559. The molecule has 0 atom stereocenters. The summed E-state index contributed by atoms with van der Waals surface area (Å²) in [4.78, 5) is 13.7. The number of hydrogen-bond donors (Lipinski definition) is 1. The number of halogens is 1. The van der Waals surface area contributed by atoms with Crippen LogP contribution in [-0.4, -0.2) is 29.1 Å². The van der Waals surface area contributed by atoms with E-state index in [-0.39, 0.29) is 0 Å². The molecule has 3 rings (SSSR count). The molecule has 1 aliphatic rings. The van der Waals surface area contributed by atoms with Crippen molar-refractivity contribution in [3.8, 4) is 0 Å². The highest BCUT2D eigenvalue weighted by molar-refractivity contribution is 9.10. The molecule has 0 amide bonds. The monoisotopic (exact) mass is 366 g/mol. The van der Waals surface area contributed by atoms with Crippen molar-refractivity contribution in [2.24, 2.45) is 0 Å². The van der Waals surface area contributed by atoms with Crippen LogP contribution in [0.4, 0.5) is 5.95 Å².